The van der Waals surface area contributed by atoms with Crippen molar-refractivity contribution in [3.8, 4) is 0 Å². The Balaban J connectivity index is 2.69. The summed E-state index contributed by atoms with van der Waals surface area (Å²) in [5.41, 5.74) is 0.727. The van der Waals surface area contributed by atoms with Gasteiger partial charge in [0.15, 0.2) is 0 Å². The van der Waals surface area contributed by atoms with Gasteiger partial charge < -0.3 is 4.42 Å². The Hall–Kier alpha value is -1.16. The van der Waals surface area contributed by atoms with E-state index in [4.69, 9.17) is 4.42 Å². The number of hydrogen-bond donors (Lipinski definition) is 0. The number of rotatable bonds is 3. The minimum atomic E-state index is -1.21. The van der Waals surface area contributed by atoms with Crippen LogP contribution >= 0.6 is 0 Å². The molecule has 1 aromatic heterocycles. The number of hydrogen-bond acceptors (Lipinski definition) is 2. The van der Waals surface area contributed by atoms with Crippen molar-refractivity contribution in [1.29, 1.82) is 0 Å². The SMILES string of the molecule is CC(/C=C\c1ccco1)=N\[S@@](=O)C(C)(C)C. The van der Waals surface area contributed by atoms with Gasteiger partial charge in [0.1, 0.15) is 16.7 Å². The van der Waals surface area contributed by atoms with E-state index in [1.165, 1.54) is 0 Å². The monoisotopic (exact) mass is 239 g/mol. The van der Waals surface area contributed by atoms with Crippen molar-refractivity contribution < 1.29 is 8.63 Å². The summed E-state index contributed by atoms with van der Waals surface area (Å²) >= 11 is 0. The summed E-state index contributed by atoms with van der Waals surface area (Å²) in [6, 6.07) is 3.67. The van der Waals surface area contributed by atoms with Gasteiger partial charge in [-0.2, -0.15) is 4.40 Å². The van der Waals surface area contributed by atoms with E-state index in [0.717, 1.165) is 11.5 Å². The number of allylic oxidation sites excluding steroid dienone is 1. The number of furan rings is 1. The minimum Gasteiger partial charge on any atom is -0.465 e. The lowest BCUT2D eigenvalue weighted by Gasteiger charge is -2.13. The normalized spacial score (nSPS) is 15.6. The molecule has 0 fully saturated rings. The molecule has 0 aliphatic carbocycles. The lowest BCUT2D eigenvalue weighted by Crippen LogP contribution is -2.20. The summed E-state index contributed by atoms with van der Waals surface area (Å²) in [7, 11) is -1.21. The molecule has 0 aliphatic heterocycles. The zero-order chi connectivity index (χ0) is 12.2. The summed E-state index contributed by atoms with van der Waals surface area (Å²) in [6.45, 7) is 7.52. The lowest BCUT2D eigenvalue weighted by molar-refractivity contribution is 0.557. The second-order valence-electron chi connectivity index (χ2n) is 4.44. The molecular formula is C12H17NO2S. The molecule has 3 nitrogen and oxygen atoms in total. The second kappa shape index (κ2) is 5.25. The summed E-state index contributed by atoms with van der Waals surface area (Å²) in [4.78, 5) is 0. The fourth-order valence-corrected chi connectivity index (χ4v) is 1.48. The van der Waals surface area contributed by atoms with Crippen molar-refractivity contribution in [3.63, 3.8) is 0 Å². The molecule has 1 heterocycles. The molecule has 0 spiro atoms. The Labute approximate surface area is 98.9 Å². The Morgan fingerprint density at radius 2 is 2.19 bits per heavy atom. The first-order valence-electron chi connectivity index (χ1n) is 5.08. The van der Waals surface area contributed by atoms with E-state index in [0.29, 0.717) is 0 Å². The zero-order valence-electron chi connectivity index (χ0n) is 10.1. The van der Waals surface area contributed by atoms with Gasteiger partial charge in [0.25, 0.3) is 0 Å². The highest BCUT2D eigenvalue weighted by Crippen LogP contribution is 2.12. The minimum absolute atomic E-state index is 0.320. The third kappa shape index (κ3) is 4.14. The van der Waals surface area contributed by atoms with E-state index in [2.05, 4.69) is 4.40 Å². The predicted octanol–water partition coefficient (Wildman–Crippen LogP) is 3.22. The van der Waals surface area contributed by atoms with Crippen LogP contribution < -0.4 is 0 Å². The van der Waals surface area contributed by atoms with Crippen LogP contribution in [-0.4, -0.2) is 14.7 Å². The van der Waals surface area contributed by atoms with Gasteiger partial charge in [-0.25, -0.2) is 4.21 Å². The van der Waals surface area contributed by atoms with Gasteiger partial charge in [-0.15, -0.1) is 0 Å². The van der Waals surface area contributed by atoms with Gasteiger partial charge in [0.2, 0.25) is 0 Å². The Bertz CT molecular complexity index is 411. The van der Waals surface area contributed by atoms with Gasteiger partial charge in [0, 0.05) is 5.71 Å². The maximum absolute atomic E-state index is 11.7. The first kappa shape index (κ1) is 12.9. The highest BCUT2D eigenvalue weighted by atomic mass is 32.2. The van der Waals surface area contributed by atoms with E-state index >= 15 is 0 Å². The van der Waals surface area contributed by atoms with Gasteiger partial charge >= 0.3 is 0 Å². The fourth-order valence-electron chi connectivity index (χ4n) is 0.887. The standard InChI is InChI=1S/C12H17NO2S/c1-10(13-16(14)12(2,3)4)7-8-11-6-5-9-15-11/h5-9H,1-4H3/b8-7-,13-10+/t16-/m0/s1. The molecule has 0 bridgehead atoms. The third-order valence-electron chi connectivity index (χ3n) is 1.78. The molecule has 4 heteroatoms. The van der Waals surface area contributed by atoms with Crippen LogP contribution in [0, 0.1) is 0 Å². The van der Waals surface area contributed by atoms with Crippen LogP contribution in [0.5, 0.6) is 0 Å². The van der Waals surface area contributed by atoms with Crippen LogP contribution in [0.1, 0.15) is 33.5 Å². The van der Waals surface area contributed by atoms with Crippen molar-refractivity contribution >= 4 is 22.8 Å². The average molecular weight is 239 g/mol. The van der Waals surface area contributed by atoms with E-state index in [1.807, 2.05) is 39.8 Å². The summed E-state index contributed by atoms with van der Waals surface area (Å²) in [5.74, 6) is 0.760. The topological polar surface area (TPSA) is 42.6 Å². The number of nitrogens with zero attached hydrogens (tertiary/aromatic N) is 1. The first-order valence-corrected chi connectivity index (χ1v) is 6.19. The van der Waals surface area contributed by atoms with Crippen LogP contribution in [0.3, 0.4) is 0 Å². The molecule has 1 aromatic rings. The fraction of sp³-hybridized carbons (Fsp3) is 0.417. The Kier molecular flexibility index (Phi) is 4.24. The van der Waals surface area contributed by atoms with E-state index in [-0.39, 0.29) is 4.75 Å². The van der Waals surface area contributed by atoms with Crippen LogP contribution in [0.15, 0.2) is 33.3 Å². The maximum atomic E-state index is 11.7. The van der Waals surface area contributed by atoms with Crippen LogP contribution in [0.4, 0.5) is 0 Å². The second-order valence-corrected chi connectivity index (χ2v) is 6.35. The first-order chi connectivity index (χ1) is 7.39. The Morgan fingerprint density at radius 3 is 2.69 bits per heavy atom. The van der Waals surface area contributed by atoms with E-state index in [9.17, 15) is 4.21 Å². The van der Waals surface area contributed by atoms with Crippen molar-refractivity contribution in [2.45, 2.75) is 32.4 Å². The maximum Gasteiger partial charge on any atom is 0.145 e. The van der Waals surface area contributed by atoms with Crippen molar-refractivity contribution in [2.24, 2.45) is 4.40 Å². The predicted molar refractivity (Wildman–Crippen MR) is 68.7 cm³/mol. The highest BCUT2D eigenvalue weighted by Gasteiger charge is 2.18. The molecule has 0 saturated carbocycles. The van der Waals surface area contributed by atoms with Gasteiger partial charge in [-0.05, 0) is 52.0 Å². The van der Waals surface area contributed by atoms with Gasteiger partial charge in [0.05, 0.1) is 11.0 Å². The molecule has 0 N–H and O–H groups in total. The lowest BCUT2D eigenvalue weighted by atomic mass is 10.3. The van der Waals surface area contributed by atoms with Crippen molar-refractivity contribution in [3.05, 3.63) is 30.2 Å². The van der Waals surface area contributed by atoms with Crippen LogP contribution in [0.25, 0.3) is 6.08 Å². The van der Waals surface area contributed by atoms with E-state index < -0.39 is 11.0 Å². The molecule has 0 saturated heterocycles. The molecule has 16 heavy (non-hydrogen) atoms. The van der Waals surface area contributed by atoms with Crippen LogP contribution in [0.2, 0.25) is 0 Å². The molecule has 1 rings (SSSR count). The van der Waals surface area contributed by atoms with Crippen molar-refractivity contribution in [1.82, 2.24) is 0 Å². The molecule has 1 atom stereocenters. The summed E-state index contributed by atoms with van der Waals surface area (Å²) in [6.07, 6.45) is 5.21. The average Bonchev–Trinajstić information content (AvgIpc) is 2.65. The molecule has 0 aliphatic rings. The molecule has 0 aromatic carbocycles. The zero-order valence-corrected chi connectivity index (χ0v) is 10.9. The molecule has 0 unspecified atom stereocenters. The summed E-state index contributed by atoms with van der Waals surface area (Å²) in [5, 5.41) is 0. The van der Waals surface area contributed by atoms with Gasteiger partial charge in [-0.1, -0.05) is 0 Å². The third-order valence-corrected chi connectivity index (χ3v) is 3.28. The quantitative estimate of drug-likeness (QED) is 0.760. The molecule has 88 valence electrons. The molecular weight excluding hydrogens is 222 g/mol. The van der Waals surface area contributed by atoms with Crippen LogP contribution in [-0.2, 0) is 11.0 Å². The highest BCUT2D eigenvalue weighted by molar-refractivity contribution is 7.85. The smallest absolute Gasteiger partial charge is 0.145 e. The van der Waals surface area contributed by atoms with E-state index in [1.54, 1.807) is 18.4 Å². The largest absolute Gasteiger partial charge is 0.465 e. The molecule has 0 amide bonds. The van der Waals surface area contributed by atoms with Gasteiger partial charge in [-0.3, -0.25) is 0 Å². The Morgan fingerprint density at radius 1 is 1.50 bits per heavy atom. The molecule has 0 radical (unpaired) electrons. The van der Waals surface area contributed by atoms with Crippen molar-refractivity contribution in [2.75, 3.05) is 0 Å². The summed E-state index contributed by atoms with van der Waals surface area (Å²) < 4.78 is 20.6.